The third kappa shape index (κ3) is 2.91. The highest BCUT2D eigenvalue weighted by Crippen LogP contribution is 2.31. The van der Waals surface area contributed by atoms with Crippen molar-refractivity contribution in [2.24, 2.45) is 0 Å². The number of carboxylic acid groups (broad SMARTS) is 1. The van der Waals surface area contributed by atoms with E-state index in [1.165, 1.54) is 11.3 Å². The predicted octanol–water partition coefficient (Wildman–Crippen LogP) is 4.81. The van der Waals surface area contributed by atoms with Gasteiger partial charge in [-0.3, -0.25) is 0 Å². The minimum atomic E-state index is -0.954. The van der Waals surface area contributed by atoms with Gasteiger partial charge in [0.05, 0.1) is 21.5 Å². The van der Waals surface area contributed by atoms with E-state index < -0.39 is 5.97 Å². The summed E-state index contributed by atoms with van der Waals surface area (Å²) in [6.45, 7) is 1.87. The fourth-order valence-electron chi connectivity index (χ4n) is 2.01. The van der Waals surface area contributed by atoms with Crippen LogP contribution in [-0.4, -0.2) is 16.1 Å². The number of fused-ring (bicyclic) bond motifs is 1. The Kier molecular flexibility index (Phi) is 3.65. The van der Waals surface area contributed by atoms with Crippen LogP contribution in [0, 0.1) is 6.92 Å². The Hall–Kier alpha value is -1.92. The normalized spacial score (nSPS) is 10.8. The van der Waals surface area contributed by atoms with Crippen LogP contribution in [0.1, 0.15) is 15.9 Å². The van der Waals surface area contributed by atoms with Crippen molar-refractivity contribution in [2.45, 2.75) is 6.92 Å². The smallest absolute Gasteiger partial charge is 0.337 e. The maximum atomic E-state index is 11.3. The number of aromatic carboxylic acids is 1. The molecule has 0 aliphatic rings. The van der Waals surface area contributed by atoms with Crippen molar-refractivity contribution in [3.8, 4) is 0 Å². The molecular formula is C15H11BrN2O2S. The molecule has 0 radical (unpaired) electrons. The highest BCUT2D eigenvalue weighted by molar-refractivity contribution is 9.10. The van der Waals surface area contributed by atoms with E-state index in [0.29, 0.717) is 10.8 Å². The summed E-state index contributed by atoms with van der Waals surface area (Å²) >= 11 is 4.91. The van der Waals surface area contributed by atoms with Gasteiger partial charge in [-0.05, 0) is 37.3 Å². The molecule has 0 saturated heterocycles. The molecule has 1 heterocycles. The number of rotatable bonds is 3. The van der Waals surface area contributed by atoms with Crippen LogP contribution in [0.25, 0.3) is 10.2 Å². The Labute approximate surface area is 133 Å². The Morgan fingerprint density at radius 3 is 2.86 bits per heavy atom. The third-order valence-electron chi connectivity index (χ3n) is 3.00. The average Bonchev–Trinajstić information content (AvgIpc) is 2.82. The number of aryl methyl sites for hydroxylation is 1. The van der Waals surface area contributed by atoms with E-state index in [1.54, 1.807) is 12.1 Å². The molecule has 0 bridgehead atoms. The van der Waals surface area contributed by atoms with Crippen molar-refractivity contribution in [3.63, 3.8) is 0 Å². The Bertz CT molecular complexity index is 845. The van der Waals surface area contributed by atoms with Gasteiger partial charge in [0.1, 0.15) is 0 Å². The lowest BCUT2D eigenvalue weighted by atomic mass is 10.1. The summed E-state index contributed by atoms with van der Waals surface area (Å²) in [5, 5.41) is 13.1. The Morgan fingerprint density at radius 1 is 1.29 bits per heavy atom. The van der Waals surface area contributed by atoms with Gasteiger partial charge in [0.15, 0.2) is 5.13 Å². The second kappa shape index (κ2) is 5.46. The van der Waals surface area contributed by atoms with Gasteiger partial charge in [-0.2, -0.15) is 0 Å². The van der Waals surface area contributed by atoms with E-state index >= 15 is 0 Å². The summed E-state index contributed by atoms with van der Waals surface area (Å²) in [7, 11) is 0. The van der Waals surface area contributed by atoms with Gasteiger partial charge in [-0.25, -0.2) is 9.78 Å². The zero-order valence-electron chi connectivity index (χ0n) is 11.1. The first-order chi connectivity index (χ1) is 10.0. The number of halogens is 1. The fraction of sp³-hybridized carbons (Fsp3) is 0.0667. The number of thiazole rings is 1. The molecule has 2 aromatic carbocycles. The number of carboxylic acids is 1. The standard InChI is InChI=1S/C15H11BrN2O2S/c1-8-2-4-11(10(6-8)14(19)20)17-15-18-12-5-3-9(16)7-13(12)21-15/h2-7H,1H3,(H,17,18)(H,19,20). The van der Waals surface area contributed by atoms with Gasteiger partial charge in [-0.1, -0.05) is 38.9 Å². The lowest BCUT2D eigenvalue weighted by Gasteiger charge is -2.07. The molecule has 0 aliphatic carbocycles. The number of hydrogen-bond donors (Lipinski definition) is 2. The van der Waals surface area contributed by atoms with Crippen molar-refractivity contribution in [2.75, 3.05) is 5.32 Å². The topological polar surface area (TPSA) is 62.2 Å². The summed E-state index contributed by atoms with van der Waals surface area (Å²) in [6, 6.07) is 11.1. The molecule has 0 saturated carbocycles. The summed E-state index contributed by atoms with van der Waals surface area (Å²) in [6.07, 6.45) is 0. The molecule has 6 heteroatoms. The Morgan fingerprint density at radius 2 is 2.10 bits per heavy atom. The monoisotopic (exact) mass is 362 g/mol. The molecule has 3 aromatic rings. The maximum absolute atomic E-state index is 11.3. The SMILES string of the molecule is Cc1ccc(Nc2nc3ccc(Br)cc3s2)c(C(=O)O)c1. The molecule has 0 spiro atoms. The molecule has 1 aromatic heterocycles. The number of carbonyl (C=O) groups is 1. The molecule has 2 N–H and O–H groups in total. The summed E-state index contributed by atoms with van der Waals surface area (Å²) in [4.78, 5) is 15.8. The highest BCUT2D eigenvalue weighted by atomic mass is 79.9. The lowest BCUT2D eigenvalue weighted by molar-refractivity contribution is 0.0698. The fourth-order valence-corrected chi connectivity index (χ4v) is 3.44. The van der Waals surface area contributed by atoms with E-state index in [1.807, 2.05) is 31.2 Å². The van der Waals surface area contributed by atoms with Crippen LogP contribution >= 0.6 is 27.3 Å². The van der Waals surface area contributed by atoms with Gasteiger partial charge in [-0.15, -0.1) is 0 Å². The van der Waals surface area contributed by atoms with E-state index in [0.717, 1.165) is 20.3 Å². The lowest BCUT2D eigenvalue weighted by Crippen LogP contribution is -2.02. The molecule has 0 atom stereocenters. The van der Waals surface area contributed by atoms with E-state index in [4.69, 9.17) is 0 Å². The second-order valence-electron chi connectivity index (χ2n) is 4.61. The maximum Gasteiger partial charge on any atom is 0.337 e. The van der Waals surface area contributed by atoms with Gasteiger partial charge >= 0.3 is 5.97 Å². The molecule has 106 valence electrons. The first kappa shape index (κ1) is 14.0. The largest absolute Gasteiger partial charge is 0.478 e. The number of nitrogens with zero attached hydrogens (tertiary/aromatic N) is 1. The number of nitrogens with one attached hydrogen (secondary N) is 1. The summed E-state index contributed by atoms with van der Waals surface area (Å²) in [5.74, 6) is -0.954. The molecule has 0 amide bonds. The zero-order valence-corrected chi connectivity index (χ0v) is 13.5. The molecule has 0 unspecified atom stereocenters. The van der Waals surface area contributed by atoms with Crippen LogP contribution in [0.4, 0.5) is 10.8 Å². The second-order valence-corrected chi connectivity index (χ2v) is 6.56. The minimum absolute atomic E-state index is 0.246. The Balaban J connectivity index is 2.00. The summed E-state index contributed by atoms with van der Waals surface area (Å²) < 4.78 is 2.03. The molecular weight excluding hydrogens is 352 g/mol. The van der Waals surface area contributed by atoms with Gasteiger partial charge in [0.2, 0.25) is 0 Å². The zero-order chi connectivity index (χ0) is 15.0. The van der Waals surface area contributed by atoms with Crippen molar-refractivity contribution in [1.82, 2.24) is 4.98 Å². The number of aromatic nitrogens is 1. The van der Waals surface area contributed by atoms with Crippen LogP contribution < -0.4 is 5.32 Å². The van der Waals surface area contributed by atoms with E-state index in [2.05, 4.69) is 26.2 Å². The highest BCUT2D eigenvalue weighted by Gasteiger charge is 2.12. The predicted molar refractivity (Wildman–Crippen MR) is 88.7 cm³/mol. The quantitative estimate of drug-likeness (QED) is 0.701. The first-order valence-corrected chi connectivity index (χ1v) is 7.81. The summed E-state index contributed by atoms with van der Waals surface area (Å²) in [5.41, 5.74) is 2.59. The van der Waals surface area contributed by atoms with Crippen LogP contribution in [0.3, 0.4) is 0 Å². The van der Waals surface area contributed by atoms with Crippen LogP contribution in [0.2, 0.25) is 0 Å². The third-order valence-corrected chi connectivity index (χ3v) is 4.42. The van der Waals surface area contributed by atoms with Crippen LogP contribution in [-0.2, 0) is 0 Å². The molecule has 3 rings (SSSR count). The van der Waals surface area contributed by atoms with Crippen molar-refractivity contribution in [1.29, 1.82) is 0 Å². The minimum Gasteiger partial charge on any atom is -0.478 e. The molecule has 0 fully saturated rings. The number of hydrogen-bond acceptors (Lipinski definition) is 4. The van der Waals surface area contributed by atoms with E-state index in [-0.39, 0.29) is 5.56 Å². The van der Waals surface area contributed by atoms with Gasteiger partial charge < -0.3 is 10.4 Å². The van der Waals surface area contributed by atoms with Crippen molar-refractivity contribution >= 4 is 54.3 Å². The average molecular weight is 363 g/mol. The van der Waals surface area contributed by atoms with Crippen molar-refractivity contribution in [3.05, 3.63) is 52.0 Å². The van der Waals surface area contributed by atoms with Crippen LogP contribution in [0.15, 0.2) is 40.9 Å². The molecule has 21 heavy (non-hydrogen) atoms. The van der Waals surface area contributed by atoms with Crippen molar-refractivity contribution < 1.29 is 9.90 Å². The molecule has 4 nitrogen and oxygen atoms in total. The van der Waals surface area contributed by atoms with Gasteiger partial charge in [0.25, 0.3) is 0 Å². The molecule has 0 aliphatic heterocycles. The number of benzene rings is 2. The van der Waals surface area contributed by atoms with E-state index in [9.17, 15) is 9.90 Å². The number of anilines is 2. The first-order valence-electron chi connectivity index (χ1n) is 6.20. The van der Waals surface area contributed by atoms with Crippen LogP contribution in [0.5, 0.6) is 0 Å². The van der Waals surface area contributed by atoms with Gasteiger partial charge in [0, 0.05) is 4.47 Å².